The van der Waals surface area contributed by atoms with Crippen LogP contribution >= 0.6 is 23.1 Å². The molecule has 1 fully saturated rings. The Morgan fingerprint density at radius 3 is 2.97 bits per heavy atom. The van der Waals surface area contributed by atoms with Crippen molar-refractivity contribution in [3.63, 3.8) is 0 Å². The Kier molecular flexibility index (Phi) is 6.86. The summed E-state index contributed by atoms with van der Waals surface area (Å²) in [7, 11) is 0. The average Bonchev–Trinajstić information content (AvgIpc) is 3.49. The number of carbonyl (C=O) groups excluding carboxylic acids is 1. The molecule has 0 aliphatic carbocycles. The van der Waals surface area contributed by atoms with Crippen molar-refractivity contribution in [1.82, 2.24) is 14.8 Å². The van der Waals surface area contributed by atoms with Gasteiger partial charge in [0.2, 0.25) is 5.91 Å². The molecule has 0 radical (unpaired) electrons. The van der Waals surface area contributed by atoms with Crippen molar-refractivity contribution in [2.75, 3.05) is 17.7 Å². The second-order valence-corrected chi connectivity index (χ2v) is 9.40. The standard InChI is InChI=1S/C22H26N4O2S2/c1-3-16-7-4-5-9-19(16)23-20(27)14-30-22-25-24-21(17-11-15(2)29-13-17)26(22)12-18-8-6-10-28-18/h4-5,7,9,11,13,18H,3,6,8,10,12,14H2,1-2H3,(H,23,27). The molecular formula is C22H26N4O2S2. The Morgan fingerprint density at radius 2 is 2.23 bits per heavy atom. The summed E-state index contributed by atoms with van der Waals surface area (Å²) >= 11 is 3.12. The number of aryl methyl sites for hydroxylation is 2. The highest BCUT2D eigenvalue weighted by molar-refractivity contribution is 7.99. The smallest absolute Gasteiger partial charge is 0.234 e. The van der Waals surface area contributed by atoms with E-state index < -0.39 is 0 Å². The summed E-state index contributed by atoms with van der Waals surface area (Å²) < 4.78 is 7.95. The van der Waals surface area contributed by atoms with Gasteiger partial charge in [-0.15, -0.1) is 21.5 Å². The number of benzene rings is 1. The number of aromatic nitrogens is 3. The van der Waals surface area contributed by atoms with Crippen LogP contribution in [0.2, 0.25) is 0 Å². The number of anilines is 1. The number of thiophene rings is 1. The summed E-state index contributed by atoms with van der Waals surface area (Å²) in [5.74, 6) is 1.08. The lowest BCUT2D eigenvalue weighted by Crippen LogP contribution is -2.18. The molecule has 1 aromatic carbocycles. The van der Waals surface area contributed by atoms with Gasteiger partial charge < -0.3 is 10.1 Å². The van der Waals surface area contributed by atoms with Crippen LogP contribution < -0.4 is 5.32 Å². The molecule has 1 N–H and O–H groups in total. The van der Waals surface area contributed by atoms with Gasteiger partial charge in [-0.2, -0.15) is 0 Å². The molecule has 1 aliphatic heterocycles. The van der Waals surface area contributed by atoms with Crippen molar-refractivity contribution < 1.29 is 9.53 Å². The van der Waals surface area contributed by atoms with E-state index in [-0.39, 0.29) is 17.8 Å². The maximum absolute atomic E-state index is 12.6. The number of nitrogens with one attached hydrogen (secondary N) is 1. The Bertz CT molecular complexity index is 1010. The lowest BCUT2D eigenvalue weighted by molar-refractivity contribution is -0.113. The zero-order valence-electron chi connectivity index (χ0n) is 17.3. The second-order valence-electron chi connectivity index (χ2n) is 7.35. The maximum atomic E-state index is 12.6. The molecule has 1 saturated heterocycles. The van der Waals surface area contributed by atoms with E-state index in [1.807, 2.05) is 24.3 Å². The SMILES string of the molecule is CCc1ccccc1NC(=O)CSc1nnc(-c2csc(C)c2)n1CC1CCCO1. The molecule has 0 saturated carbocycles. The highest BCUT2D eigenvalue weighted by Gasteiger charge is 2.22. The van der Waals surface area contributed by atoms with Gasteiger partial charge in [0.15, 0.2) is 11.0 Å². The topological polar surface area (TPSA) is 69.0 Å². The van der Waals surface area contributed by atoms with E-state index in [1.165, 1.54) is 16.6 Å². The minimum Gasteiger partial charge on any atom is -0.376 e. The monoisotopic (exact) mass is 442 g/mol. The molecule has 1 amide bonds. The van der Waals surface area contributed by atoms with Gasteiger partial charge in [0, 0.05) is 28.1 Å². The van der Waals surface area contributed by atoms with Gasteiger partial charge in [0.05, 0.1) is 18.4 Å². The molecule has 158 valence electrons. The summed E-state index contributed by atoms with van der Waals surface area (Å²) in [5.41, 5.74) is 3.07. The average molecular weight is 443 g/mol. The minimum absolute atomic E-state index is 0.0412. The van der Waals surface area contributed by atoms with Crippen LogP contribution in [-0.2, 0) is 22.5 Å². The molecule has 0 spiro atoms. The van der Waals surface area contributed by atoms with Crippen LogP contribution in [0.4, 0.5) is 5.69 Å². The summed E-state index contributed by atoms with van der Waals surface area (Å²) in [6.07, 6.45) is 3.17. The molecule has 3 aromatic rings. The van der Waals surface area contributed by atoms with Crippen molar-refractivity contribution in [2.45, 2.75) is 50.9 Å². The molecule has 1 unspecified atom stereocenters. The maximum Gasteiger partial charge on any atom is 0.234 e. The molecule has 0 bridgehead atoms. The normalized spacial score (nSPS) is 16.1. The molecular weight excluding hydrogens is 416 g/mol. The van der Waals surface area contributed by atoms with E-state index in [0.717, 1.165) is 53.7 Å². The van der Waals surface area contributed by atoms with Crippen LogP contribution in [0.5, 0.6) is 0 Å². The molecule has 30 heavy (non-hydrogen) atoms. The fourth-order valence-electron chi connectivity index (χ4n) is 3.59. The fraction of sp³-hybridized carbons (Fsp3) is 0.409. The van der Waals surface area contributed by atoms with E-state index >= 15 is 0 Å². The van der Waals surface area contributed by atoms with Gasteiger partial charge in [0.1, 0.15) is 0 Å². The largest absolute Gasteiger partial charge is 0.376 e. The number of ether oxygens (including phenoxy) is 1. The number of rotatable bonds is 8. The van der Waals surface area contributed by atoms with E-state index in [1.54, 1.807) is 11.3 Å². The van der Waals surface area contributed by atoms with Crippen LogP contribution in [0, 0.1) is 6.92 Å². The molecule has 3 heterocycles. The highest BCUT2D eigenvalue weighted by Crippen LogP contribution is 2.29. The highest BCUT2D eigenvalue weighted by atomic mass is 32.2. The van der Waals surface area contributed by atoms with Crippen LogP contribution in [-0.4, -0.2) is 39.1 Å². The zero-order chi connectivity index (χ0) is 20.9. The first-order valence-corrected chi connectivity index (χ1v) is 12.1. The third-order valence-electron chi connectivity index (χ3n) is 5.12. The van der Waals surface area contributed by atoms with Gasteiger partial charge in [-0.1, -0.05) is 36.9 Å². The van der Waals surface area contributed by atoms with Crippen molar-refractivity contribution in [3.05, 3.63) is 46.2 Å². The first kappa shape index (κ1) is 21.1. The summed E-state index contributed by atoms with van der Waals surface area (Å²) in [5, 5.41) is 14.7. The Morgan fingerprint density at radius 1 is 1.37 bits per heavy atom. The predicted octanol–water partition coefficient (Wildman–Crippen LogP) is 4.79. The molecule has 4 rings (SSSR count). The minimum atomic E-state index is -0.0412. The summed E-state index contributed by atoms with van der Waals surface area (Å²) in [6, 6.07) is 10.0. The van der Waals surface area contributed by atoms with E-state index in [2.05, 4.69) is 45.4 Å². The van der Waals surface area contributed by atoms with Crippen LogP contribution in [0.15, 0.2) is 40.9 Å². The van der Waals surface area contributed by atoms with Gasteiger partial charge in [-0.25, -0.2) is 0 Å². The third kappa shape index (κ3) is 4.94. The van der Waals surface area contributed by atoms with Gasteiger partial charge in [-0.3, -0.25) is 9.36 Å². The number of para-hydroxylation sites is 1. The zero-order valence-corrected chi connectivity index (χ0v) is 18.9. The Balaban J connectivity index is 1.48. The second kappa shape index (κ2) is 9.76. The van der Waals surface area contributed by atoms with Crippen molar-refractivity contribution in [2.24, 2.45) is 0 Å². The van der Waals surface area contributed by atoms with Crippen molar-refractivity contribution in [3.8, 4) is 11.4 Å². The number of hydrogen-bond acceptors (Lipinski definition) is 6. The van der Waals surface area contributed by atoms with Gasteiger partial charge >= 0.3 is 0 Å². The Labute approximate surface area is 185 Å². The Hall–Kier alpha value is -2.16. The van der Waals surface area contributed by atoms with Crippen LogP contribution in [0.25, 0.3) is 11.4 Å². The molecule has 8 heteroatoms. The van der Waals surface area contributed by atoms with Crippen LogP contribution in [0.1, 0.15) is 30.2 Å². The number of nitrogens with zero attached hydrogens (tertiary/aromatic N) is 3. The first-order valence-electron chi connectivity index (χ1n) is 10.2. The van der Waals surface area contributed by atoms with Gasteiger partial charge in [0.25, 0.3) is 0 Å². The molecule has 2 aromatic heterocycles. The van der Waals surface area contributed by atoms with Crippen LogP contribution in [0.3, 0.4) is 0 Å². The fourth-order valence-corrected chi connectivity index (χ4v) is 5.02. The third-order valence-corrected chi connectivity index (χ3v) is 6.95. The lowest BCUT2D eigenvalue weighted by atomic mass is 10.1. The molecule has 1 aliphatic rings. The molecule has 6 nitrogen and oxygen atoms in total. The van der Waals surface area contributed by atoms with Crippen molar-refractivity contribution >= 4 is 34.7 Å². The predicted molar refractivity (Wildman–Crippen MR) is 122 cm³/mol. The lowest BCUT2D eigenvalue weighted by Gasteiger charge is -2.14. The summed E-state index contributed by atoms with van der Waals surface area (Å²) in [4.78, 5) is 13.8. The number of amides is 1. The van der Waals surface area contributed by atoms with E-state index in [9.17, 15) is 4.79 Å². The summed E-state index contributed by atoms with van der Waals surface area (Å²) in [6.45, 7) is 5.69. The van der Waals surface area contributed by atoms with Crippen molar-refractivity contribution in [1.29, 1.82) is 0 Å². The number of carbonyl (C=O) groups is 1. The quantitative estimate of drug-likeness (QED) is 0.508. The van der Waals surface area contributed by atoms with E-state index in [4.69, 9.17) is 4.74 Å². The number of thioether (sulfide) groups is 1. The van der Waals surface area contributed by atoms with Gasteiger partial charge in [-0.05, 0) is 43.9 Å². The van der Waals surface area contributed by atoms with E-state index in [0.29, 0.717) is 6.54 Å². The molecule has 1 atom stereocenters. The first-order chi connectivity index (χ1) is 14.6. The number of hydrogen-bond donors (Lipinski definition) is 1.